The van der Waals surface area contributed by atoms with Gasteiger partial charge in [0.2, 0.25) is 0 Å². The molecular weight excluding hydrogens is 212 g/mol. The largest absolute Gasteiger partial charge is 0.490 e. The van der Waals surface area contributed by atoms with E-state index in [2.05, 4.69) is 13.8 Å². The van der Waals surface area contributed by atoms with Gasteiger partial charge in [0.25, 0.3) is 0 Å². The molecule has 0 spiro atoms. The molecule has 1 saturated carbocycles. The number of nitrogens with two attached hydrogens (primary N) is 2. The van der Waals surface area contributed by atoms with Crippen molar-refractivity contribution in [2.75, 3.05) is 11.5 Å². The first-order valence-electron chi connectivity index (χ1n) is 6.36. The van der Waals surface area contributed by atoms with Gasteiger partial charge < -0.3 is 16.2 Å². The Bertz CT molecular complexity index is 382. The summed E-state index contributed by atoms with van der Waals surface area (Å²) in [5, 5.41) is 0. The summed E-state index contributed by atoms with van der Waals surface area (Å²) < 4.78 is 6.00. The van der Waals surface area contributed by atoms with Gasteiger partial charge in [-0.15, -0.1) is 0 Å². The molecular formula is C14H22N2O. The molecule has 3 nitrogen and oxygen atoms in total. The highest BCUT2D eigenvalue weighted by Gasteiger charge is 2.25. The number of hydrogen-bond donors (Lipinski definition) is 2. The van der Waals surface area contributed by atoms with E-state index in [0.717, 1.165) is 30.4 Å². The Balaban J connectivity index is 2.02. The third-order valence-electron chi connectivity index (χ3n) is 3.50. The molecule has 3 heteroatoms. The van der Waals surface area contributed by atoms with Crippen molar-refractivity contribution in [1.82, 2.24) is 0 Å². The van der Waals surface area contributed by atoms with E-state index < -0.39 is 0 Å². The molecule has 0 bridgehead atoms. The predicted octanol–water partition coefficient (Wildman–Crippen LogP) is 3.05. The lowest BCUT2D eigenvalue weighted by Gasteiger charge is -2.31. The van der Waals surface area contributed by atoms with E-state index in [0.29, 0.717) is 17.5 Å². The van der Waals surface area contributed by atoms with Crippen molar-refractivity contribution in [3.8, 4) is 5.75 Å². The lowest BCUT2D eigenvalue weighted by molar-refractivity contribution is 0.101. The summed E-state index contributed by atoms with van der Waals surface area (Å²) in [4.78, 5) is 0. The number of ether oxygens (including phenoxy) is 1. The summed E-state index contributed by atoms with van der Waals surface area (Å²) in [6, 6.07) is 5.52. The summed E-state index contributed by atoms with van der Waals surface area (Å²) in [5.74, 6) is 2.33. The zero-order chi connectivity index (χ0) is 12.4. The lowest BCUT2D eigenvalue weighted by Crippen LogP contribution is -2.28. The van der Waals surface area contributed by atoms with Crippen LogP contribution in [0.1, 0.15) is 33.1 Å². The van der Waals surface area contributed by atoms with E-state index in [1.807, 2.05) is 12.1 Å². The Morgan fingerprint density at radius 3 is 2.24 bits per heavy atom. The summed E-state index contributed by atoms with van der Waals surface area (Å²) >= 11 is 0. The van der Waals surface area contributed by atoms with Gasteiger partial charge in [0, 0.05) is 6.07 Å². The molecule has 94 valence electrons. The van der Waals surface area contributed by atoms with Crippen LogP contribution in [0.2, 0.25) is 0 Å². The third kappa shape index (κ3) is 3.05. The second-order valence-corrected chi connectivity index (χ2v) is 5.45. The number of hydrogen-bond acceptors (Lipinski definition) is 3. The van der Waals surface area contributed by atoms with E-state index >= 15 is 0 Å². The smallest absolute Gasteiger partial charge is 0.121 e. The van der Waals surface area contributed by atoms with E-state index in [1.54, 1.807) is 6.07 Å². The maximum absolute atomic E-state index is 6.00. The zero-order valence-corrected chi connectivity index (χ0v) is 10.6. The van der Waals surface area contributed by atoms with Crippen molar-refractivity contribution < 1.29 is 4.74 Å². The van der Waals surface area contributed by atoms with E-state index in [9.17, 15) is 0 Å². The Morgan fingerprint density at radius 2 is 1.65 bits per heavy atom. The zero-order valence-electron chi connectivity index (χ0n) is 10.6. The van der Waals surface area contributed by atoms with Crippen LogP contribution in [0.15, 0.2) is 18.2 Å². The highest BCUT2D eigenvalue weighted by Crippen LogP contribution is 2.32. The maximum atomic E-state index is 6.00. The average Bonchev–Trinajstić information content (AvgIpc) is 2.22. The second kappa shape index (κ2) is 4.86. The van der Waals surface area contributed by atoms with E-state index in [4.69, 9.17) is 16.2 Å². The summed E-state index contributed by atoms with van der Waals surface area (Å²) in [7, 11) is 0. The van der Waals surface area contributed by atoms with Crippen molar-refractivity contribution in [2.45, 2.75) is 39.2 Å². The van der Waals surface area contributed by atoms with Crippen molar-refractivity contribution in [3.05, 3.63) is 18.2 Å². The Labute approximate surface area is 103 Å². The average molecular weight is 234 g/mol. The van der Waals surface area contributed by atoms with Gasteiger partial charge in [-0.05, 0) is 43.2 Å². The van der Waals surface area contributed by atoms with Crippen LogP contribution in [-0.4, -0.2) is 6.10 Å². The number of rotatable bonds is 2. The van der Waals surface area contributed by atoms with Crippen molar-refractivity contribution in [2.24, 2.45) is 11.8 Å². The number of benzene rings is 1. The van der Waals surface area contributed by atoms with Gasteiger partial charge in [-0.1, -0.05) is 13.8 Å². The quantitative estimate of drug-likeness (QED) is 0.773. The van der Waals surface area contributed by atoms with Crippen LogP contribution in [0.4, 0.5) is 11.4 Å². The first-order chi connectivity index (χ1) is 8.04. The molecule has 0 heterocycles. The highest BCUT2D eigenvalue weighted by atomic mass is 16.5. The third-order valence-corrected chi connectivity index (χ3v) is 3.50. The fourth-order valence-corrected chi connectivity index (χ4v) is 2.79. The maximum Gasteiger partial charge on any atom is 0.121 e. The molecule has 1 aromatic rings. The Kier molecular flexibility index (Phi) is 3.46. The molecule has 2 atom stereocenters. The minimum atomic E-state index is 0.316. The van der Waals surface area contributed by atoms with Crippen LogP contribution in [-0.2, 0) is 0 Å². The molecule has 0 aromatic heterocycles. The molecule has 4 N–H and O–H groups in total. The van der Waals surface area contributed by atoms with Gasteiger partial charge >= 0.3 is 0 Å². The van der Waals surface area contributed by atoms with Crippen molar-refractivity contribution in [1.29, 1.82) is 0 Å². The number of anilines is 2. The van der Waals surface area contributed by atoms with E-state index in [1.165, 1.54) is 6.42 Å². The monoisotopic (exact) mass is 234 g/mol. The fourth-order valence-electron chi connectivity index (χ4n) is 2.79. The minimum Gasteiger partial charge on any atom is -0.490 e. The molecule has 1 aromatic carbocycles. The molecule has 0 saturated heterocycles. The first-order valence-corrected chi connectivity index (χ1v) is 6.36. The highest BCUT2D eigenvalue weighted by molar-refractivity contribution is 5.65. The SMILES string of the molecule is CC1CC(C)CC(Oc2ccc(N)c(N)c2)C1. The number of nitrogen functional groups attached to an aromatic ring is 2. The molecule has 17 heavy (non-hydrogen) atoms. The van der Waals surface area contributed by atoms with Gasteiger partial charge in [-0.2, -0.15) is 0 Å². The first kappa shape index (κ1) is 12.1. The van der Waals surface area contributed by atoms with Gasteiger partial charge in [-0.3, -0.25) is 0 Å². The molecule has 0 amide bonds. The molecule has 0 aliphatic heterocycles. The minimum absolute atomic E-state index is 0.316. The molecule has 1 aliphatic rings. The summed E-state index contributed by atoms with van der Waals surface area (Å²) in [6.45, 7) is 4.59. The van der Waals surface area contributed by atoms with Crippen molar-refractivity contribution in [3.63, 3.8) is 0 Å². The molecule has 2 rings (SSSR count). The summed E-state index contributed by atoms with van der Waals surface area (Å²) in [5.41, 5.74) is 12.7. The normalized spacial score (nSPS) is 28.9. The van der Waals surface area contributed by atoms with Crippen LogP contribution in [0, 0.1) is 11.8 Å². The van der Waals surface area contributed by atoms with E-state index in [-0.39, 0.29) is 0 Å². The Hall–Kier alpha value is -1.38. The van der Waals surface area contributed by atoms with Crippen LogP contribution in [0.25, 0.3) is 0 Å². The standard InChI is InChI=1S/C14H22N2O/c1-9-5-10(2)7-12(6-9)17-11-3-4-13(15)14(16)8-11/h3-4,8-10,12H,5-7,15-16H2,1-2H3. The van der Waals surface area contributed by atoms with Crippen LogP contribution in [0.3, 0.4) is 0 Å². The lowest BCUT2D eigenvalue weighted by atomic mass is 9.82. The summed E-state index contributed by atoms with van der Waals surface area (Å²) in [6.07, 6.45) is 3.89. The van der Waals surface area contributed by atoms with Gasteiger partial charge in [-0.25, -0.2) is 0 Å². The predicted molar refractivity (Wildman–Crippen MR) is 71.9 cm³/mol. The molecule has 1 fully saturated rings. The topological polar surface area (TPSA) is 61.3 Å². The molecule has 0 radical (unpaired) electrons. The second-order valence-electron chi connectivity index (χ2n) is 5.45. The van der Waals surface area contributed by atoms with Crippen LogP contribution in [0.5, 0.6) is 5.75 Å². The fraction of sp³-hybridized carbons (Fsp3) is 0.571. The Morgan fingerprint density at radius 1 is 1.00 bits per heavy atom. The molecule has 1 aliphatic carbocycles. The molecule has 2 unspecified atom stereocenters. The van der Waals surface area contributed by atoms with Crippen LogP contribution < -0.4 is 16.2 Å². The van der Waals surface area contributed by atoms with Crippen LogP contribution >= 0.6 is 0 Å². The van der Waals surface area contributed by atoms with Gasteiger partial charge in [0.05, 0.1) is 17.5 Å². The van der Waals surface area contributed by atoms with Crippen molar-refractivity contribution >= 4 is 11.4 Å². The van der Waals surface area contributed by atoms with Gasteiger partial charge in [0.15, 0.2) is 0 Å². The van der Waals surface area contributed by atoms with Gasteiger partial charge in [0.1, 0.15) is 5.75 Å².